The monoisotopic (exact) mass is 422 g/mol. The number of anilines is 1. The van der Waals surface area contributed by atoms with Gasteiger partial charge in [0.15, 0.2) is 0 Å². The highest BCUT2D eigenvalue weighted by atomic mass is 32.2. The number of nitrogens with zero attached hydrogens (tertiary/aromatic N) is 5. The van der Waals surface area contributed by atoms with Crippen LogP contribution in [-0.4, -0.2) is 38.9 Å². The zero-order valence-electron chi connectivity index (χ0n) is 16.9. The lowest BCUT2D eigenvalue weighted by Gasteiger charge is -2.11. The lowest BCUT2D eigenvalue weighted by atomic mass is 10.1. The van der Waals surface area contributed by atoms with Crippen LogP contribution in [0.25, 0.3) is 33.4 Å². The van der Waals surface area contributed by atoms with Crippen LogP contribution in [0.4, 0.5) is 5.69 Å². The van der Waals surface area contributed by atoms with Crippen molar-refractivity contribution in [3.63, 3.8) is 0 Å². The van der Waals surface area contributed by atoms with Crippen molar-refractivity contribution in [2.24, 2.45) is 13.0 Å². The third-order valence-electron chi connectivity index (χ3n) is 4.44. The number of pyridine rings is 1. The number of fused-ring (bicyclic) bond motifs is 1. The fraction of sp³-hybridized carbons (Fsp3) is 0.238. The second-order valence-electron chi connectivity index (χ2n) is 7.60. The van der Waals surface area contributed by atoms with E-state index in [0.29, 0.717) is 5.69 Å². The van der Waals surface area contributed by atoms with Gasteiger partial charge >= 0.3 is 0 Å². The molecule has 0 amide bonds. The van der Waals surface area contributed by atoms with Gasteiger partial charge < -0.3 is 0 Å². The number of rotatable bonds is 6. The maximum Gasteiger partial charge on any atom is 0.233 e. The Labute approximate surface area is 175 Å². The van der Waals surface area contributed by atoms with E-state index >= 15 is 0 Å². The minimum atomic E-state index is -3.42. The van der Waals surface area contributed by atoms with Crippen molar-refractivity contribution in [2.75, 3.05) is 10.5 Å². The third-order valence-corrected chi connectivity index (χ3v) is 6.09. The van der Waals surface area contributed by atoms with Gasteiger partial charge in [-0.1, -0.05) is 19.9 Å². The predicted molar refractivity (Wildman–Crippen MR) is 117 cm³/mol. The first kappa shape index (κ1) is 20.0. The molecule has 4 aromatic rings. The fourth-order valence-corrected chi connectivity index (χ4v) is 4.63. The van der Waals surface area contributed by atoms with Crippen LogP contribution in [0.1, 0.15) is 13.8 Å². The average Bonchev–Trinajstić information content (AvgIpc) is 3.12. The van der Waals surface area contributed by atoms with Crippen LogP contribution in [0, 0.1) is 5.92 Å². The summed E-state index contributed by atoms with van der Waals surface area (Å²) in [7, 11) is -1.57. The van der Waals surface area contributed by atoms with Gasteiger partial charge in [-0.3, -0.25) is 19.4 Å². The zero-order chi connectivity index (χ0) is 21.3. The minimum absolute atomic E-state index is 0.0340. The lowest BCUT2D eigenvalue weighted by Crippen LogP contribution is -2.20. The molecule has 0 unspecified atom stereocenters. The molecule has 0 aliphatic heterocycles. The van der Waals surface area contributed by atoms with Gasteiger partial charge in [-0.25, -0.2) is 13.4 Å². The maximum atomic E-state index is 12.2. The highest BCUT2D eigenvalue weighted by Crippen LogP contribution is 2.26. The minimum Gasteiger partial charge on any atom is -0.282 e. The number of hydrogen-bond acceptors (Lipinski definition) is 6. The summed E-state index contributed by atoms with van der Waals surface area (Å²) in [5, 5.41) is 4.18. The number of nitrogens with one attached hydrogen (secondary N) is 1. The van der Waals surface area contributed by atoms with Gasteiger partial charge in [-0.05, 0) is 29.7 Å². The van der Waals surface area contributed by atoms with Crippen LogP contribution in [0.3, 0.4) is 0 Å². The van der Waals surface area contributed by atoms with Gasteiger partial charge in [0.1, 0.15) is 0 Å². The van der Waals surface area contributed by atoms with Crippen LogP contribution in [0.5, 0.6) is 0 Å². The standard InChI is InChI=1S/C21H22N6O2S/c1-14(2)13-30(28,29)26-18-6-16(8-22-10-18)15-4-5-19-20(7-15)25-21(11-23-19)17-9-24-27(3)12-17/h4-12,14,26H,13H2,1-3H3. The molecule has 9 heteroatoms. The molecule has 0 aliphatic carbocycles. The van der Waals surface area contributed by atoms with Crippen molar-refractivity contribution in [3.8, 4) is 22.4 Å². The number of sulfonamides is 1. The van der Waals surface area contributed by atoms with E-state index in [2.05, 4.69) is 19.8 Å². The molecule has 8 nitrogen and oxygen atoms in total. The number of aromatic nitrogens is 5. The van der Waals surface area contributed by atoms with Crippen LogP contribution >= 0.6 is 0 Å². The fourth-order valence-electron chi connectivity index (χ4n) is 3.20. The second-order valence-corrected chi connectivity index (χ2v) is 9.37. The van der Waals surface area contributed by atoms with E-state index in [1.54, 1.807) is 29.3 Å². The summed E-state index contributed by atoms with van der Waals surface area (Å²) < 4.78 is 28.8. The molecule has 0 aliphatic rings. The Bertz CT molecular complexity index is 1310. The van der Waals surface area contributed by atoms with Crippen LogP contribution in [0.15, 0.2) is 55.2 Å². The third kappa shape index (κ3) is 4.46. The van der Waals surface area contributed by atoms with E-state index in [-0.39, 0.29) is 11.7 Å². The van der Waals surface area contributed by atoms with E-state index in [9.17, 15) is 8.42 Å². The van der Waals surface area contributed by atoms with Crippen LogP contribution < -0.4 is 4.72 Å². The number of benzene rings is 1. The van der Waals surface area contributed by atoms with Crippen molar-refractivity contribution < 1.29 is 8.42 Å². The van der Waals surface area contributed by atoms with Crippen molar-refractivity contribution in [1.29, 1.82) is 0 Å². The van der Waals surface area contributed by atoms with Gasteiger partial charge in [0, 0.05) is 30.6 Å². The molecular formula is C21H22N6O2S. The van der Waals surface area contributed by atoms with Gasteiger partial charge in [-0.15, -0.1) is 0 Å². The molecule has 0 saturated carbocycles. The van der Waals surface area contributed by atoms with Gasteiger partial charge in [0.05, 0.1) is 46.8 Å². The Kier molecular flexibility index (Phi) is 5.21. The number of aryl methyl sites for hydroxylation is 1. The van der Waals surface area contributed by atoms with E-state index in [1.165, 1.54) is 6.20 Å². The van der Waals surface area contributed by atoms with Crippen molar-refractivity contribution in [1.82, 2.24) is 24.7 Å². The van der Waals surface area contributed by atoms with E-state index in [1.807, 2.05) is 45.3 Å². The molecule has 1 aromatic carbocycles. The highest BCUT2D eigenvalue weighted by Gasteiger charge is 2.14. The summed E-state index contributed by atoms with van der Waals surface area (Å²) in [5.41, 5.74) is 5.23. The molecule has 0 bridgehead atoms. The van der Waals surface area contributed by atoms with Crippen molar-refractivity contribution >= 4 is 26.7 Å². The first-order valence-electron chi connectivity index (χ1n) is 9.51. The summed E-state index contributed by atoms with van der Waals surface area (Å²) in [6.07, 6.45) is 8.56. The molecule has 30 heavy (non-hydrogen) atoms. The first-order valence-corrected chi connectivity index (χ1v) is 11.2. The van der Waals surface area contributed by atoms with E-state index in [0.717, 1.165) is 33.4 Å². The summed E-state index contributed by atoms with van der Waals surface area (Å²) in [4.78, 5) is 13.4. The first-order chi connectivity index (χ1) is 14.3. The average molecular weight is 423 g/mol. The molecule has 0 radical (unpaired) electrons. The Morgan fingerprint density at radius 2 is 1.83 bits per heavy atom. The molecule has 0 atom stereocenters. The van der Waals surface area contributed by atoms with Crippen LogP contribution in [-0.2, 0) is 17.1 Å². The molecule has 0 spiro atoms. The molecule has 3 aromatic heterocycles. The summed E-state index contributed by atoms with van der Waals surface area (Å²) >= 11 is 0. The predicted octanol–water partition coefficient (Wildman–Crippen LogP) is 3.49. The molecular weight excluding hydrogens is 400 g/mol. The largest absolute Gasteiger partial charge is 0.282 e. The van der Waals surface area contributed by atoms with Crippen molar-refractivity contribution in [3.05, 3.63) is 55.2 Å². The second kappa shape index (κ2) is 7.83. The normalized spacial score (nSPS) is 11.9. The quantitative estimate of drug-likeness (QED) is 0.510. The topological polar surface area (TPSA) is 103 Å². The van der Waals surface area contributed by atoms with Gasteiger partial charge in [0.2, 0.25) is 10.0 Å². The Balaban J connectivity index is 1.67. The molecule has 154 valence electrons. The van der Waals surface area contributed by atoms with E-state index < -0.39 is 10.0 Å². The number of hydrogen-bond donors (Lipinski definition) is 1. The van der Waals surface area contributed by atoms with Crippen molar-refractivity contribution in [2.45, 2.75) is 13.8 Å². The summed E-state index contributed by atoms with van der Waals surface area (Å²) in [6.45, 7) is 3.73. The molecule has 4 rings (SSSR count). The SMILES string of the molecule is CC(C)CS(=O)(=O)Nc1cncc(-c2ccc3ncc(-c4cnn(C)c4)nc3c2)c1. The molecule has 0 fully saturated rings. The maximum absolute atomic E-state index is 12.2. The van der Waals surface area contributed by atoms with Gasteiger partial charge in [-0.2, -0.15) is 5.10 Å². The molecule has 0 saturated heterocycles. The Morgan fingerprint density at radius 1 is 1.00 bits per heavy atom. The summed E-state index contributed by atoms with van der Waals surface area (Å²) in [5.74, 6) is 0.0895. The Morgan fingerprint density at radius 3 is 2.57 bits per heavy atom. The van der Waals surface area contributed by atoms with E-state index in [4.69, 9.17) is 4.98 Å². The lowest BCUT2D eigenvalue weighted by molar-refractivity contribution is 0.587. The molecule has 1 N–H and O–H groups in total. The van der Waals surface area contributed by atoms with Crippen LogP contribution in [0.2, 0.25) is 0 Å². The summed E-state index contributed by atoms with van der Waals surface area (Å²) in [6, 6.07) is 7.50. The molecule has 3 heterocycles. The smallest absolute Gasteiger partial charge is 0.233 e. The zero-order valence-corrected chi connectivity index (χ0v) is 17.8. The van der Waals surface area contributed by atoms with Gasteiger partial charge in [0.25, 0.3) is 0 Å². The Hall–Kier alpha value is -3.33. The highest BCUT2D eigenvalue weighted by molar-refractivity contribution is 7.92.